The standard InChI is InChI=1S/C28H50NO9P/c1-6-7-8-9-10-12-15-18-26(31)19-16-13-11-14-17-20-28(32)38-27(23-35-25(2)30)24-37-39(33,34)36-22-21-29(3,4)5/h10,12,15,18,27H,6-9,11,13-14,16-17,19-24H2,1-5H3/p+1/b12-10-,18-15+/t27-/m1/s1. The van der Waals surface area contributed by atoms with Gasteiger partial charge in [-0.3, -0.25) is 23.4 Å². The Balaban J connectivity index is 4.21. The molecule has 0 aliphatic rings. The van der Waals surface area contributed by atoms with Gasteiger partial charge in [-0.1, -0.05) is 57.3 Å². The van der Waals surface area contributed by atoms with Crippen molar-refractivity contribution in [3.05, 3.63) is 24.3 Å². The Bertz CT molecular complexity index is 805. The largest absolute Gasteiger partial charge is 0.472 e. The number of likely N-dealkylation sites (N-methyl/N-ethyl adjacent to an activating group) is 1. The number of ketones is 1. The Morgan fingerprint density at radius 1 is 0.897 bits per heavy atom. The van der Waals surface area contributed by atoms with Gasteiger partial charge in [-0.15, -0.1) is 0 Å². The van der Waals surface area contributed by atoms with Gasteiger partial charge in [0, 0.05) is 19.8 Å². The maximum absolute atomic E-state index is 12.2. The van der Waals surface area contributed by atoms with Crippen LogP contribution >= 0.6 is 7.82 Å². The molecule has 0 rings (SSSR count). The third kappa shape index (κ3) is 26.2. The molecule has 0 heterocycles. The fourth-order valence-corrected chi connectivity index (χ4v) is 3.99. The second-order valence-corrected chi connectivity index (χ2v) is 12.0. The summed E-state index contributed by atoms with van der Waals surface area (Å²) in [5.74, 6) is -0.975. The van der Waals surface area contributed by atoms with E-state index in [-0.39, 0.29) is 25.4 Å². The lowest BCUT2D eigenvalue weighted by Crippen LogP contribution is -2.37. The van der Waals surface area contributed by atoms with Crippen LogP contribution in [-0.4, -0.2) is 80.7 Å². The molecule has 39 heavy (non-hydrogen) atoms. The topological polar surface area (TPSA) is 125 Å². The summed E-state index contributed by atoms with van der Waals surface area (Å²) in [6.07, 6.45) is 15.7. The lowest BCUT2D eigenvalue weighted by atomic mass is 10.1. The van der Waals surface area contributed by atoms with Crippen LogP contribution in [0.15, 0.2) is 24.3 Å². The molecule has 2 atom stereocenters. The lowest BCUT2D eigenvalue weighted by molar-refractivity contribution is -0.870. The van der Waals surface area contributed by atoms with Crippen LogP contribution in [-0.2, 0) is 37.5 Å². The van der Waals surface area contributed by atoms with Crippen molar-refractivity contribution in [1.29, 1.82) is 0 Å². The molecule has 0 saturated heterocycles. The van der Waals surface area contributed by atoms with Crippen LogP contribution in [0.5, 0.6) is 0 Å². The van der Waals surface area contributed by atoms with Crippen LogP contribution in [0.1, 0.15) is 84.5 Å². The molecule has 0 radical (unpaired) electrons. The Kier molecular flexibility index (Phi) is 20.9. The molecule has 0 bridgehead atoms. The van der Waals surface area contributed by atoms with E-state index < -0.39 is 32.5 Å². The van der Waals surface area contributed by atoms with E-state index in [0.717, 1.165) is 32.1 Å². The molecule has 0 aliphatic heterocycles. The number of allylic oxidation sites excluding steroid dienone is 4. The van der Waals surface area contributed by atoms with Gasteiger partial charge in [0.1, 0.15) is 19.8 Å². The maximum Gasteiger partial charge on any atom is 0.472 e. The van der Waals surface area contributed by atoms with E-state index in [9.17, 15) is 23.8 Å². The van der Waals surface area contributed by atoms with Crippen LogP contribution < -0.4 is 0 Å². The number of carbonyl (C=O) groups is 3. The van der Waals surface area contributed by atoms with Gasteiger partial charge in [-0.05, 0) is 31.8 Å². The van der Waals surface area contributed by atoms with Gasteiger partial charge in [0.05, 0.1) is 27.7 Å². The first-order valence-electron chi connectivity index (χ1n) is 14.0. The maximum atomic E-state index is 12.2. The molecule has 0 aliphatic carbocycles. The first-order chi connectivity index (χ1) is 18.3. The van der Waals surface area contributed by atoms with Gasteiger partial charge < -0.3 is 18.9 Å². The molecule has 0 aromatic carbocycles. The summed E-state index contributed by atoms with van der Waals surface area (Å²) < 4.78 is 32.7. The summed E-state index contributed by atoms with van der Waals surface area (Å²) >= 11 is 0. The zero-order valence-electron chi connectivity index (χ0n) is 24.6. The molecule has 226 valence electrons. The zero-order valence-corrected chi connectivity index (χ0v) is 25.5. The molecule has 11 heteroatoms. The highest BCUT2D eigenvalue weighted by atomic mass is 31.2. The number of ether oxygens (including phenoxy) is 2. The number of carbonyl (C=O) groups excluding carboxylic acids is 3. The van der Waals surface area contributed by atoms with Gasteiger partial charge in [0.2, 0.25) is 0 Å². The van der Waals surface area contributed by atoms with Crippen molar-refractivity contribution >= 4 is 25.5 Å². The second kappa shape index (κ2) is 21.9. The van der Waals surface area contributed by atoms with Crippen molar-refractivity contribution in [3.8, 4) is 0 Å². The Hall–Kier alpha value is -1.84. The van der Waals surface area contributed by atoms with E-state index in [1.807, 2.05) is 27.2 Å². The highest BCUT2D eigenvalue weighted by molar-refractivity contribution is 7.47. The number of phosphoric ester groups is 1. The van der Waals surface area contributed by atoms with Crippen molar-refractivity contribution < 1.29 is 46.8 Å². The Morgan fingerprint density at radius 2 is 1.56 bits per heavy atom. The first kappa shape index (κ1) is 37.2. The molecule has 1 unspecified atom stereocenters. The molecule has 0 fully saturated rings. The number of rotatable bonds is 24. The van der Waals surface area contributed by atoms with Crippen LogP contribution in [0.3, 0.4) is 0 Å². The monoisotopic (exact) mass is 576 g/mol. The van der Waals surface area contributed by atoms with Gasteiger partial charge in [0.25, 0.3) is 0 Å². The molecule has 0 saturated carbocycles. The number of quaternary nitrogens is 1. The molecule has 0 aromatic rings. The van der Waals surface area contributed by atoms with Gasteiger partial charge in [-0.2, -0.15) is 0 Å². The smallest absolute Gasteiger partial charge is 0.462 e. The highest BCUT2D eigenvalue weighted by Crippen LogP contribution is 2.43. The summed E-state index contributed by atoms with van der Waals surface area (Å²) in [6.45, 7) is 3.13. The third-order valence-electron chi connectivity index (χ3n) is 5.52. The average molecular weight is 577 g/mol. The van der Waals surface area contributed by atoms with Gasteiger partial charge in [0.15, 0.2) is 11.9 Å². The summed E-state index contributed by atoms with van der Waals surface area (Å²) in [7, 11) is 1.38. The molecule has 0 spiro atoms. The first-order valence-corrected chi connectivity index (χ1v) is 15.5. The van der Waals surface area contributed by atoms with E-state index >= 15 is 0 Å². The highest BCUT2D eigenvalue weighted by Gasteiger charge is 2.26. The number of hydrogen-bond donors (Lipinski definition) is 1. The SMILES string of the molecule is CCCCC/C=C\C=C\C(=O)CCCCCCCC(=O)O[C@H](COC(C)=O)COP(=O)(O)OCC[N+](C)(C)C. The summed E-state index contributed by atoms with van der Waals surface area (Å²) in [4.78, 5) is 45.2. The van der Waals surface area contributed by atoms with Crippen LogP contribution in [0, 0.1) is 0 Å². The Labute approximate surface area is 234 Å². The van der Waals surface area contributed by atoms with Crippen molar-refractivity contribution in [1.82, 2.24) is 0 Å². The van der Waals surface area contributed by atoms with E-state index in [2.05, 4.69) is 13.0 Å². The molecule has 1 N–H and O–H groups in total. The number of esters is 2. The second-order valence-electron chi connectivity index (χ2n) is 10.5. The summed E-state index contributed by atoms with van der Waals surface area (Å²) in [5, 5.41) is 0. The van der Waals surface area contributed by atoms with Gasteiger partial charge >= 0.3 is 19.8 Å². The predicted octanol–water partition coefficient (Wildman–Crippen LogP) is 5.29. The quantitative estimate of drug-likeness (QED) is 0.0407. The summed E-state index contributed by atoms with van der Waals surface area (Å²) in [5.41, 5.74) is 0. The number of phosphoric acid groups is 1. The van der Waals surface area contributed by atoms with Crippen molar-refractivity contribution in [3.63, 3.8) is 0 Å². The van der Waals surface area contributed by atoms with Crippen molar-refractivity contribution in [2.75, 3.05) is 47.5 Å². The molecular formula is C28H51NO9P+. The Morgan fingerprint density at radius 3 is 2.21 bits per heavy atom. The van der Waals surface area contributed by atoms with E-state index in [1.54, 1.807) is 12.2 Å². The van der Waals surface area contributed by atoms with Crippen LogP contribution in [0.2, 0.25) is 0 Å². The normalized spacial score (nSPS) is 14.4. The van der Waals surface area contributed by atoms with E-state index in [1.165, 1.54) is 26.2 Å². The van der Waals surface area contributed by atoms with Crippen LogP contribution in [0.4, 0.5) is 0 Å². The van der Waals surface area contributed by atoms with Gasteiger partial charge in [-0.25, -0.2) is 4.57 Å². The van der Waals surface area contributed by atoms with Crippen LogP contribution in [0.25, 0.3) is 0 Å². The molecule has 10 nitrogen and oxygen atoms in total. The third-order valence-corrected chi connectivity index (χ3v) is 6.50. The molecule has 0 amide bonds. The molecular weight excluding hydrogens is 525 g/mol. The number of nitrogens with zero attached hydrogens (tertiary/aromatic N) is 1. The zero-order chi connectivity index (χ0) is 29.6. The minimum Gasteiger partial charge on any atom is -0.462 e. The fourth-order valence-electron chi connectivity index (χ4n) is 3.25. The minimum atomic E-state index is -4.35. The fraction of sp³-hybridized carbons (Fsp3) is 0.750. The number of hydrogen-bond acceptors (Lipinski definition) is 8. The van der Waals surface area contributed by atoms with Crippen molar-refractivity contribution in [2.24, 2.45) is 0 Å². The lowest BCUT2D eigenvalue weighted by Gasteiger charge is -2.24. The molecule has 0 aromatic heterocycles. The van der Waals surface area contributed by atoms with Crippen molar-refractivity contribution in [2.45, 2.75) is 90.6 Å². The van der Waals surface area contributed by atoms with E-state index in [0.29, 0.717) is 23.9 Å². The average Bonchev–Trinajstić information content (AvgIpc) is 2.83. The van der Waals surface area contributed by atoms with E-state index in [4.69, 9.17) is 18.5 Å². The minimum absolute atomic E-state index is 0.00702. The summed E-state index contributed by atoms with van der Waals surface area (Å²) in [6, 6.07) is 0. The number of unbranched alkanes of at least 4 members (excludes halogenated alkanes) is 7. The predicted molar refractivity (Wildman–Crippen MR) is 151 cm³/mol.